The second-order valence-corrected chi connectivity index (χ2v) is 12.1. The summed E-state index contributed by atoms with van der Waals surface area (Å²) in [4.78, 5) is 30.1. The lowest BCUT2D eigenvalue weighted by molar-refractivity contribution is -0.120. The average molecular weight is 565 g/mol. The lowest BCUT2D eigenvalue weighted by Crippen LogP contribution is -2.39. The van der Waals surface area contributed by atoms with E-state index in [0.29, 0.717) is 41.9 Å². The highest BCUT2D eigenvalue weighted by atomic mass is 32.1. The maximum atomic E-state index is 13.3. The highest BCUT2D eigenvalue weighted by Crippen LogP contribution is 2.47. The van der Waals surface area contributed by atoms with Crippen molar-refractivity contribution in [2.24, 2.45) is 5.41 Å². The van der Waals surface area contributed by atoms with Crippen LogP contribution in [-0.2, 0) is 16.1 Å². The van der Waals surface area contributed by atoms with Crippen LogP contribution in [0.25, 0.3) is 15.3 Å². The molecule has 1 aliphatic carbocycles. The van der Waals surface area contributed by atoms with Gasteiger partial charge in [-0.2, -0.15) is 10.2 Å². The van der Waals surface area contributed by atoms with E-state index in [1.807, 2.05) is 30.1 Å². The van der Waals surface area contributed by atoms with Crippen LogP contribution in [0, 0.1) is 5.41 Å². The predicted molar refractivity (Wildman–Crippen MR) is 152 cm³/mol. The number of nitrogens with one attached hydrogen (secondary N) is 3. The molecular weight excluding hydrogens is 528 g/mol. The Balaban J connectivity index is 1.07. The Morgan fingerprint density at radius 3 is 2.83 bits per heavy atom. The molecule has 1 saturated carbocycles. The van der Waals surface area contributed by atoms with Crippen molar-refractivity contribution in [3.05, 3.63) is 54.0 Å². The third-order valence-corrected chi connectivity index (χ3v) is 9.44. The third kappa shape index (κ3) is 5.56. The van der Waals surface area contributed by atoms with Gasteiger partial charge in [0.2, 0.25) is 5.91 Å². The largest absolute Gasteiger partial charge is 0.383 e. The topological polar surface area (TPSA) is 118 Å². The van der Waals surface area contributed by atoms with Gasteiger partial charge >= 0.3 is 0 Å². The zero-order valence-corrected chi connectivity index (χ0v) is 23.8. The van der Waals surface area contributed by atoms with E-state index in [2.05, 4.69) is 31.0 Å². The zero-order chi connectivity index (χ0) is 27.7. The monoisotopic (exact) mass is 564 g/mol. The number of nitrogens with zero attached hydrogens (tertiary/aromatic N) is 5. The molecule has 12 heteroatoms. The number of hydrogen-bond acceptors (Lipinski definition) is 8. The smallest absolute Gasteiger partial charge is 0.260 e. The van der Waals surface area contributed by atoms with E-state index in [4.69, 9.17) is 4.74 Å². The van der Waals surface area contributed by atoms with Gasteiger partial charge in [0.15, 0.2) is 0 Å². The molecule has 212 valence electrons. The molecule has 3 aromatic heterocycles. The Morgan fingerprint density at radius 1 is 1.18 bits per heavy atom. The molecule has 1 saturated heterocycles. The number of thiazole rings is 1. The van der Waals surface area contributed by atoms with E-state index in [9.17, 15) is 9.59 Å². The lowest BCUT2D eigenvalue weighted by atomic mass is 9.68. The zero-order valence-electron chi connectivity index (χ0n) is 23.0. The molecule has 5 heterocycles. The Bertz CT molecular complexity index is 1460. The van der Waals surface area contributed by atoms with Gasteiger partial charge in [-0.25, -0.2) is 4.52 Å². The van der Waals surface area contributed by atoms with Gasteiger partial charge in [-0.3, -0.25) is 14.3 Å². The minimum atomic E-state index is -0.245. The first kappa shape index (κ1) is 26.7. The number of rotatable bonds is 10. The fourth-order valence-corrected chi connectivity index (χ4v) is 6.75. The molecule has 6 rings (SSSR count). The number of hydrogen-bond donors (Lipinski definition) is 3. The van der Waals surface area contributed by atoms with Gasteiger partial charge < -0.3 is 25.6 Å². The highest BCUT2D eigenvalue weighted by molar-refractivity contribution is 7.21. The van der Waals surface area contributed by atoms with Gasteiger partial charge in [-0.1, -0.05) is 6.42 Å². The van der Waals surface area contributed by atoms with Crippen LogP contribution in [0.5, 0.6) is 0 Å². The van der Waals surface area contributed by atoms with E-state index in [1.54, 1.807) is 30.2 Å². The van der Waals surface area contributed by atoms with Gasteiger partial charge in [0.05, 0.1) is 47.7 Å². The van der Waals surface area contributed by atoms with Crippen LogP contribution in [0.2, 0.25) is 0 Å². The number of dihydropyridines is 1. The SMILES string of the molecule is COCCn1cc(-c2cn3ncc(C(=O)NC4=CC(NC(=O)CCN5CCC6(CCC6)C5)=CNC4C)c3s2)cn1. The molecule has 2 aliphatic heterocycles. The van der Waals surface area contributed by atoms with Crippen molar-refractivity contribution in [3.63, 3.8) is 0 Å². The van der Waals surface area contributed by atoms with Crippen molar-refractivity contribution >= 4 is 28.0 Å². The molecule has 1 atom stereocenters. The normalized spacial score (nSPS) is 20.2. The molecule has 3 aliphatic rings. The fourth-order valence-electron chi connectivity index (χ4n) is 5.71. The second kappa shape index (κ2) is 11.2. The van der Waals surface area contributed by atoms with Crippen molar-refractivity contribution in [2.75, 3.05) is 33.4 Å². The van der Waals surface area contributed by atoms with Gasteiger partial charge in [-0.05, 0) is 44.2 Å². The molecule has 3 N–H and O–H groups in total. The molecule has 11 nitrogen and oxygen atoms in total. The number of ether oxygens (including phenoxy) is 1. The molecular formula is C28H36N8O3S. The summed E-state index contributed by atoms with van der Waals surface area (Å²) in [5.74, 6) is -0.264. The second-order valence-electron chi connectivity index (χ2n) is 11.1. The Hall–Kier alpha value is -3.48. The van der Waals surface area contributed by atoms with E-state index in [0.717, 1.165) is 34.9 Å². The number of amides is 2. The number of carbonyl (C=O) groups excluding carboxylic acids is 2. The fraction of sp³-hybridized carbons (Fsp3) is 0.500. The number of allylic oxidation sites excluding steroid dienone is 1. The van der Waals surface area contributed by atoms with Crippen LogP contribution in [0.4, 0.5) is 0 Å². The van der Waals surface area contributed by atoms with Gasteiger partial charge in [-0.15, -0.1) is 11.3 Å². The quantitative estimate of drug-likeness (QED) is 0.347. The van der Waals surface area contributed by atoms with Crippen molar-refractivity contribution in [3.8, 4) is 10.4 Å². The van der Waals surface area contributed by atoms with Crippen LogP contribution >= 0.6 is 11.3 Å². The number of fused-ring (bicyclic) bond motifs is 1. The van der Waals surface area contributed by atoms with Crippen molar-refractivity contribution in [1.82, 2.24) is 40.2 Å². The number of likely N-dealkylation sites (tertiary alicyclic amines) is 1. The molecule has 1 spiro atoms. The van der Waals surface area contributed by atoms with E-state index < -0.39 is 0 Å². The first-order chi connectivity index (χ1) is 19.4. The number of methoxy groups -OCH3 is 1. The van der Waals surface area contributed by atoms with Crippen LogP contribution in [0.3, 0.4) is 0 Å². The maximum absolute atomic E-state index is 13.3. The van der Waals surface area contributed by atoms with Crippen LogP contribution in [0.15, 0.2) is 48.5 Å². The maximum Gasteiger partial charge on any atom is 0.260 e. The summed E-state index contributed by atoms with van der Waals surface area (Å²) in [6, 6.07) is -0.115. The summed E-state index contributed by atoms with van der Waals surface area (Å²) in [5, 5.41) is 18.0. The Morgan fingerprint density at radius 2 is 2.05 bits per heavy atom. The average Bonchev–Trinajstić information content (AvgIpc) is 3.70. The summed E-state index contributed by atoms with van der Waals surface area (Å²) in [7, 11) is 1.66. The minimum absolute atomic E-state index is 0.0194. The van der Waals surface area contributed by atoms with E-state index in [-0.39, 0.29) is 17.9 Å². The van der Waals surface area contributed by atoms with Gasteiger partial charge in [0, 0.05) is 56.5 Å². The summed E-state index contributed by atoms with van der Waals surface area (Å²) < 4.78 is 8.68. The molecule has 3 aromatic rings. The molecule has 0 bridgehead atoms. The molecule has 1 unspecified atom stereocenters. The van der Waals surface area contributed by atoms with Crippen LogP contribution < -0.4 is 16.0 Å². The predicted octanol–water partition coefficient (Wildman–Crippen LogP) is 2.73. The molecule has 40 heavy (non-hydrogen) atoms. The minimum Gasteiger partial charge on any atom is -0.383 e. The molecule has 2 amide bonds. The van der Waals surface area contributed by atoms with Crippen LogP contribution in [-0.4, -0.2) is 75.5 Å². The summed E-state index contributed by atoms with van der Waals surface area (Å²) >= 11 is 1.49. The Labute approximate surface area is 237 Å². The van der Waals surface area contributed by atoms with Crippen molar-refractivity contribution in [1.29, 1.82) is 0 Å². The summed E-state index contributed by atoms with van der Waals surface area (Å²) in [6.45, 7) is 6.22. The third-order valence-electron chi connectivity index (χ3n) is 8.28. The summed E-state index contributed by atoms with van der Waals surface area (Å²) in [5.41, 5.74) is 3.32. The first-order valence-corrected chi connectivity index (χ1v) is 14.7. The standard InChI is InChI=1S/C28H36N8O3S/c1-19-23(12-21(14-29-19)32-25(37)4-8-34-9-7-28(18-34)5-3-6-28)33-26(38)22-15-31-36-17-24(40-27(22)36)20-13-30-35(16-20)10-11-39-2/h12-17,19,29H,3-11,18H2,1-2H3,(H,32,37)(H,33,38). The van der Waals surface area contributed by atoms with Crippen molar-refractivity contribution < 1.29 is 14.3 Å². The van der Waals surface area contributed by atoms with E-state index in [1.165, 1.54) is 37.0 Å². The molecule has 0 aromatic carbocycles. The number of carbonyl (C=O) groups is 2. The first-order valence-electron chi connectivity index (χ1n) is 13.9. The lowest BCUT2D eigenvalue weighted by Gasteiger charge is -2.38. The van der Waals surface area contributed by atoms with Gasteiger partial charge in [0.1, 0.15) is 4.83 Å². The summed E-state index contributed by atoms with van der Waals surface area (Å²) in [6.07, 6.45) is 16.6. The molecule has 2 fully saturated rings. The van der Waals surface area contributed by atoms with E-state index >= 15 is 0 Å². The molecule has 0 radical (unpaired) electrons. The van der Waals surface area contributed by atoms with Crippen molar-refractivity contribution in [2.45, 2.75) is 51.6 Å². The highest BCUT2D eigenvalue weighted by Gasteiger charge is 2.42. The van der Waals surface area contributed by atoms with Crippen LogP contribution in [0.1, 0.15) is 49.4 Å². The Kier molecular flexibility index (Phi) is 7.47. The number of aromatic nitrogens is 4. The van der Waals surface area contributed by atoms with Gasteiger partial charge in [0.25, 0.3) is 5.91 Å².